The maximum absolute atomic E-state index is 11.9. The SMILES string of the molecule is Cc1ccc(C(C)NC(=O)[C@@H](N)C(C)C)c(C)c1. The summed E-state index contributed by atoms with van der Waals surface area (Å²) >= 11 is 0. The summed E-state index contributed by atoms with van der Waals surface area (Å²) in [6.45, 7) is 10.0. The molecule has 0 aliphatic carbocycles. The van der Waals surface area contributed by atoms with E-state index in [-0.39, 0.29) is 17.9 Å². The number of hydrogen-bond acceptors (Lipinski definition) is 2. The molecule has 0 aliphatic heterocycles. The first-order chi connectivity index (χ1) is 8.32. The molecule has 0 bridgehead atoms. The average molecular weight is 248 g/mol. The third kappa shape index (κ3) is 3.57. The van der Waals surface area contributed by atoms with E-state index >= 15 is 0 Å². The fourth-order valence-corrected chi connectivity index (χ4v) is 2.00. The van der Waals surface area contributed by atoms with Gasteiger partial charge in [-0.05, 0) is 37.8 Å². The lowest BCUT2D eigenvalue weighted by molar-refractivity contribution is -0.123. The Morgan fingerprint density at radius 3 is 2.33 bits per heavy atom. The molecule has 1 unspecified atom stereocenters. The molecule has 3 N–H and O–H groups in total. The standard InChI is InChI=1S/C15H24N2O/c1-9(2)14(16)15(18)17-12(5)13-7-6-10(3)8-11(13)4/h6-9,12,14H,16H2,1-5H3,(H,17,18)/t12?,14-/m0/s1. The monoisotopic (exact) mass is 248 g/mol. The average Bonchev–Trinajstić information content (AvgIpc) is 2.27. The molecule has 18 heavy (non-hydrogen) atoms. The molecule has 0 aromatic heterocycles. The van der Waals surface area contributed by atoms with Gasteiger partial charge in [0.05, 0.1) is 12.1 Å². The van der Waals surface area contributed by atoms with Gasteiger partial charge < -0.3 is 11.1 Å². The van der Waals surface area contributed by atoms with Crippen LogP contribution in [0, 0.1) is 19.8 Å². The predicted octanol–water partition coefficient (Wildman–Crippen LogP) is 2.46. The number of carbonyl (C=O) groups is 1. The van der Waals surface area contributed by atoms with Gasteiger partial charge in [-0.15, -0.1) is 0 Å². The highest BCUT2D eigenvalue weighted by Gasteiger charge is 2.19. The van der Waals surface area contributed by atoms with Crippen molar-refractivity contribution in [2.24, 2.45) is 11.7 Å². The van der Waals surface area contributed by atoms with E-state index in [1.165, 1.54) is 11.1 Å². The lowest BCUT2D eigenvalue weighted by atomic mass is 9.99. The van der Waals surface area contributed by atoms with Crippen molar-refractivity contribution in [3.8, 4) is 0 Å². The number of rotatable bonds is 4. The first-order valence-electron chi connectivity index (χ1n) is 6.46. The van der Waals surface area contributed by atoms with E-state index in [1.807, 2.05) is 20.8 Å². The van der Waals surface area contributed by atoms with Crippen LogP contribution in [0.5, 0.6) is 0 Å². The molecular weight excluding hydrogens is 224 g/mol. The van der Waals surface area contributed by atoms with Crippen LogP contribution in [0.3, 0.4) is 0 Å². The number of benzene rings is 1. The van der Waals surface area contributed by atoms with E-state index in [0.717, 1.165) is 5.56 Å². The normalized spacial score (nSPS) is 14.4. The number of aryl methyl sites for hydroxylation is 2. The summed E-state index contributed by atoms with van der Waals surface area (Å²) in [7, 11) is 0. The quantitative estimate of drug-likeness (QED) is 0.860. The van der Waals surface area contributed by atoms with Gasteiger partial charge in [-0.2, -0.15) is 0 Å². The first-order valence-corrected chi connectivity index (χ1v) is 6.46. The molecule has 0 saturated heterocycles. The van der Waals surface area contributed by atoms with E-state index in [0.29, 0.717) is 0 Å². The minimum atomic E-state index is -0.446. The van der Waals surface area contributed by atoms with Gasteiger partial charge in [0.2, 0.25) is 5.91 Å². The van der Waals surface area contributed by atoms with Crippen LogP contribution in [0.4, 0.5) is 0 Å². The van der Waals surface area contributed by atoms with E-state index in [4.69, 9.17) is 5.73 Å². The van der Waals surface area contributed by atoms with Crippen LogP contribution >= 0.6 is 0 Å². The Bertz CT molecular complexity index is 427. The fourth-order valence-electron chi connectivity index (χ4n) is 2.00. The molecule has 1 amide bonds. The van der Waals surface area contributed by atoms with Crippen molar-refractivity contribution >= 4 is 5.91 Å². The second kappa shape index (κ2) is 6.01. The van der Waals surface area contributed by atoms with Crippen molar-refractivity contribution in [2.75, 3.05) is 0 Å². The maximum Gasteiger partial charge on any atom is 0.237 e. The van der Waals surface area contributed by atoms with Gasteiger partial charge in [0.25, 0.3) is 0 Å². The smallest absolute Gasteiger partial charge is 0.237 e. The Hall–Kier alpha value is -1.35. The highest BCUT2D eigenvalue weighted by Crippen LogP contribution is 2.18. The molecule has 1 aromatic carbocycles. The zero-order valence-corrected chi connectivity index (χ0v) is 11.9. The molecule has 2 atom stereocenters. The van der Waals surface area contributed by atoms with Crippen LogP contribution in [0.15, 0.2) is 18.2 Å². The molecule has 0 saturated carbocycles. The van der Waals surface area contributed by atoms with Crippen molar-refractivity contribution in [1.29, 1.82) is 0 Å². The van der Waals surface area contributed by atoms with Gasteiger partial charge in [-0.3, -0.25) is 4.79 Å². The van der Waals surface area contributed by atoms with Gasteiger partial charge in [0, 0.05) is 0 Å². The zero-order chi connectivity index (χ0) is 13.9. The van der Waals surface area contributed by atoms with Crippen LogP contribution in [-0.2, 0) is 4.79 Å². The molecule has 0 radical (unpaired) electrons. The van der Waals surface area contributed by atoms with E-state index in [9.17, 15) is 4.79 Å². The molecule has 0 heterocycles. The van der Waals surface area contributed by atoms with Crippen molar-refractivity contribution in [2.45, 2.75) is 46.7 Å². The van der Waals surface area contributed by atoms with Gasteiger partial charge in [0.15, 0.2) is 0 Å². The van der Waals surface area contributed by atoms with Gasteiger partial charge in [0.1, 0.15) is 0 Å². The highest BCUT2D eigenvalue weighted by atomic mass is 16.2. The molecule has 0 fully saturated rings. The van der Waals surface area contributed by atoms with Crippen LogP contribution in [0.1, 0.15) is 43.5 Å². The molecule has 100 valence electrons. The summed E-state index contributed by atoms with van der Waals surface area (Å²) in [5.74, 6) is 0.0637. The third-order valence-electron chi connectivity index (χ3n) is 3.27. The maximum atomic E-state index is 11.9. The van der Waals surface area contributed by atoms with E-state index in [2.05, 4.69) is 37.4 Å². The Labute approximate surface area is 110 Å². The molecule has 1 aromatic rings. The zero-order valence-electron chi connectivity index (χ0n) is 11.9. The number of nitrogens with two attached hydrogens (primary N) is 1. The largest absolute Gasteiger partial charge is 0.348 e. The molecule has 0 aliphatic rings. The predicted molar refractivity (Wildman–Crippen MR) is 75.3 cm³/mol. The molecular formula is C15H24N2O. The van der Waals surface area contributed by atoms with Crippen molar-refractivity contribution in [3.63, 3.8) is 0 Å². The number of carbonyl (C=O) groups excluding carboxylic acids is 1. The van der Waals surface area contributed by atoms with Crippen molar-refractivity contribution < 1.29 is 4.79 Å². The molecule has 3 heteroatoms. The number of amides is 1. The van der Waals surface area contributed by atoms with E-state index in [1.54, 1.807) is 0 Å². The summed E-state index contributed by atoms with van der Waals surface area (Å²) in [6.07, 6.45) is 0. The van der Waals surface area contributed by atoms with E-state index < -0.39 is 6.04 Å². The molecule has 3 nitrogen and oxygen atoms in total. The third-order valence-corrected chi connectivity index (χ3v) is 3.27. The Kier molecular flexibility index (Phi) is 4.91. The summed E-state index contributed by atoms with van der Waals surface area (Å²) in [6, 6.07) is 5.80. The Morgan fingerprint density at radius 2 is 1.83 bits per heavy atom. The minimum Gasteiger partial charge on any atom is -0.348 e. The summed E-state index contributed by atoms with van der Waals surface area (Å²) in [5.41, 5.74) is 9.41. The first kappa shape index (κ1) is 14.7. The van der Waals surface area contributed by atoms with Gasteiger partial charge in [-0.1, -0.05) is 37.6 Å². The topological polar surface area (TPSA) is 55.1 Å². The van der Waals surface area contributed by atoms with Crippen LogP contribution in [0.2, 0.25) is 0 Å². The number of hydrogen-bond donors (Lipinski definition) is 2. The van der Waals surface area contributed by atoms with Crippen LogP contribution in [-0.4, -0.2) is 11.9 Å². The second-order valence-corrected chi connectivity index (χ2v) is 5.36. The van der Waals surface area contributed by atoms with Crippen LogP contribution in [0.25, 0.3) is 0 Å². The lowest BCUT2D eigenvalue weighted by Crippen LogP contribution is -2.44. The minimum absolute atomic E-state index is 0.0112. The van der Waals surface area contributed by atoms with Crippen LogP contribution < -0.4 is 11.1 Å². The highest BCUT2D eigenvalue weighted by molar-refractivity contribution is 5.82. The summed E-state index contributed by atoms with van der Waals surface area (Å²) < 4.78 is 0. The van der Waals surface area contributed by atoms with Crippen molar-refractivity contribution in [1.82, 2.24) is 5.32 Å². The Morgan fingerprint density at radius 1 is 1.22 bits per heavy atom. The summed E-state index contributed by atoms with van der Waals surface area (Å²) in [4.78, 5) is 11.9. The van der Waals surface area contributed by atoms with Gasteiger partial charge >= 0.3 is 0 Å². The second-order valence-electron chi connectivity index (χ2n) is 5.36. The molecule has 0 spiro atoms. The van der Waals surface area contributed by atoms with Gasteiger partial charge in [-0.25, -0.2) is 0 Å². The lowest BCUT2D eigenvalue weighted by Gasteiger charge is -2.21. The summed E-state index contributed by atoms with van der Waals surface area (Å²) in [5, 5.41) is 2.97. The molecule has 1 rings (SSSR count). The fraction of sp³-hybridized carbons (Fsp3) is 0.533. The number of nitrogens with one attached hydrogen (secondary N) is 1. The van der Waals surface area contributed by atoms with Crippen molar-refractivity contribution in [3.05, 3.63) is 34.9 Å². The Balaban J connectivity index is 2.76.